The van der Waals surface area contributed by atoms with Crippen molar-refractivity contribution in [2.45, 2.75) is 63.4 Å². The van der Waals surface area contributed by atoms with Crippen LogP contribution in [0.5, 0.6) is 0 Å². The summed E-state index contributed by atoms with van der Waals surface area (Å²) in [6.45, 7) is 7.49. The first kappa shape index (κ1) is 30.3. The van der Waals surface area contributed by atoms with Crippen LogP contribution in [0.2, 0.25) is 0 Å². The van der Waals surface area contributed by atoms with E-state index in [0.29, 0.717) is 22.2 Å². The van der Waals surface area contributed by atoms with Gasteiger partial charge in [0.05, 0.1) is 28.2 Å². The van der Waals surface area contributed by atoms with Crippen LogP contribution in [0, 0.1) is 11.6 Å². The molecule has 1 aliphatic heterocycles. The highest BCUT2D eigenvalue weighted by Crippen LogP contribution is 2.47. The van der Waals surface area contributed by atoms with Crippen LogP contribution in [0.3, 0.4) is 0 Å². The Hall–Kier alpha value is -3.74. The van der Waals surface area contributed by atoms with Gasteiger partial charge in [-0.05, 0) is 94.0 Å². The Bertz CT molecular complexity index is 1870. The summed E-state index contributed by atoms with van der Waals surface area (Å²) >= 11 is 0. The average Bonchev–Trinajstić information content (AvgIpc) is 3.67. The summed E-state index contributed by atoms with van der Waals surface area (Å²) in [5.74, 6) is -1.56. The number of fused-ring (bicyclic) bond motifs is 1. The Morgan fingerprint density at radius 2 is 1.64 bits per heavy atom. The SMILES string of the molecule is CNC(=O)c1c(-c2ccc(F)cc2)oc2cc(NS(=O)(=O)Cc3ccc(B4OC(C)(C)C(C)(C)O4)c(F)c3)c(C3CC3)cc12. The Morgan fingerprint density at radius 3 is 2.23 bits per heavy atom. The lowest BCUT2D eigenvalue weighted by atomic mass is 9.78. The smallest absolute Gasteiger partial charge is 0.455 e. The zero-order valence-corrected chi connectivity index (χ0v) is 25.9. The topological polar surface area (TPSA) is 107 Å². The lowest BCUT2D eigenvalue weighted by molar-refractivity contribution is 0.00578. The first-order chi connectivity index (χ1) is 20.7. The van der Waals surface area contributed by atoms with Gasteiger partial charge in [-0.15, -0.1) is 0 Å². The van der Waals surface area contributed by atoms with Gasteiger partial charge in [0.15, 0.2) is 0 Å². The lowest BCUT2D eigenvalue weighted by Gasteiger charge is -2.32. The van der Waals surface area contributed by atoms with Gasteiger partial charge in [-0.1, -0.05) is 12.1 Å². The number of nitrogens with one attached hydrogen (secondary N) is 2. The zero-order chi connectivity index (χ0) is 31.6. The molecule has 0 atom stereocenters. The van der Waals surface area contributed by atoms with E-state index >= 15 is 4.39 Å². The Balaban J connectivity index is 1.31. The predicted molar refractivity (Wildman–Crippen MR) is 165 cm³/mol. The maximum Gasteiger partial charge on any atom is 0.497 e. The highest BCUT2D eigenvalue weighted by Gasteiger charge is 2.52. The van der Waals surface area contributed by atoms with Gasteiger partial charge in [0.1, 0.15) is 23.0 Å². The minimum Gasteiger partial charge on any atom is -0.455 e. The third kappa shape index (κ3) is 5.62. The van der Waals surface area contributed by atoms with Crippen molar-refractivity contribution in [2.75, 3.05) is 11.8 Å². The van der Waals surface area contributed by atoms with Crippen LogP contribution in [0.1, 0.15) is 67.9 Å². The molecule has 0 spiro atoms. The van der Waals surface area contributed by atoms with Gasteiger partial charge in [-0.25, -0.2) is 17.2 Å². The van der Waals surface area contributed by atoms with Gasteiger partial charge in [-0.3, -0.25) is 9.52 Å². The van der Waals surface area contributed by atoms with Crippen LogP contribution in [0.15, 0.2) is 59.0 Å². The third-order valence-electron chi connectivity index (χ3n) is 8.63. The first-order valence-corrected chi connectivity index (χ1v) is 16.1. The first-order valence-electron chi connectivity index (χ1n) is 14.4. The van der Waals surface area contributed by atoms with Crippen LogP contribution in [0.25, 0.3) is 22.3 Å². The van der Waals surface area contributed by atoms with Crippen molar-refractivity contribution in [3.05, 3.63) is 82.9 Å². The molecule has 0 unspecified atom stereocenters. The second kappa shape index (κ2) is 10.7. The molecule has 1 aromatic heterocycles. The van der Waals surface area contributed by atoms with Crippen molar-refractivity contribution >= 4 is 45.2 Å². The molecule has 4 aromatic rings. The highest BCUT2D eigenvalue weighted by molar-refractivity contribution is 7.91. The number of carbonyl (C=O) groups excluding carboxylic acids is 1. The minimum atomic E-state index is -3.99. The molecule has 3 aromatic carbocycles. The van der Waals surface area contributed by atoms with Crippen LogP contribution >= 0.6 is 0 Å². The zero-order valence-electron chi connectivity index (χ0n) is 25.1. The molecule has 1 aliphatic carbocycles. The summed E-state index contributed by atoms with van der Waals surface area (Å²) in [6.07, 6.45) is 1.73. The van der Waals surface area contributed by atoms with Gasteiger partial charge in [0.25, 0.3) is 5.91 Å². The number of halogens is 2. The fraction of sp³-hybridized carbons (Fsp3) is 0.344. The Labute approximate surface area is 255 Å². The number of benzene rings is 3. The summed E-state index contributed by atoms with van der Waals surface area (Å²) in [6, 6.07) is 13.2. The second-order valence-corrected chi connectivity index (χ2v) is 14.1. The molecule has 0 radical (unpaired) electrons. The molecule has 44 heavy (non-hydrogen) atoms. The Morgan fingerprint density at radius 1 is 0.977 bits per heavy atom. The predicted octanol–water partition coefficient (Wildman–Crippen LogP) is 5.86. The van der Waals surface area contributed by atoms with E-state index in [0.717, 1.165) is 18.4 Å². The van der Waals surface area contributed by atoms with E-state index in [1.165, 1.54) is 43.4 Å². The number of hydrogen-bond donors (Lipinski definition) is 2. The fourth-order valence-electron chi connectivity index (χ4n) is 5.38. The van der Waals surface area contributed by atoms with Crippen molar-refractivity contribution in [3.8, 4) is 11.3 Å². The van der Waals surface area contributed by atoms with Crippen LogP contribution in [0.4, 0.5) is 14.5 Å². The van der Waals surface area contributed by atoms with Crippen molar-refractivity contribution in [2.24, 2.45) is 0 Å². The Kier molecular flexibility index (Phi) is 7.38. The summed E-state index contributed by atoms with van der Waals surface area (Å²) in [7, 11) is -3.40. The maximum absolute atomic E-state index is 15.2. The molecule has 1 amide bonds. The molecule has 6 rings (SSSR count). The molecule has 2 N–H and O–H groups in total. The number of anilines is 1. The standard InChI is InChI=1S/C32H33BF2N2O6S/c1-31(2)32(3,4)43-33(42-31)24-13-6-18(14-25(24)35)17-44(39,40)37-26-16-27-23(15-22(26)19-7-8-19)28(30(38)36-5)29(41-27)20-9-11-21(34)12-10-20/h6,9-16,19,37H,7-8,17H2,1-5H3,(H,36,38). The molecule has 2 heterocycles. The quantitative estimate of drug-likeness (QED) is 0.239. The maximum atomic E-state index is 15.2. The van der Waals surface area contributed by atoms with Crippen molar-refractivity contribution in [1.29, 1.82) is 0 Å². The molecule has 12 heteroatoms. The highest BCUT2D eigenvalue weighted by atomic mass is 32.2. The van der Waals surface area contributed by atoms with Gasteiger partial charge < -0.3 is 19.0 Å². The second-order valence-electron chi connectivity index (χ2n) is 12.4. The number of furan rings is 1. The van der Waals surface area contributed by atoms with Gasteiger partial charge in [-0.2, -0.15) is 0 Å². The van der Waals surface area contributed by atoms with E-state index < -0.39 is 45.7 Å². The van der Waals surface area contributed by atoms with E-state index in [9.17, 15) is 17.6 Å². The van der Waals surface area contributed by atoms with Crippen LogP contribution < -0.4 is 15.5 Å². The molecule has 8 nitrogen and oxygen atoms in total. The van der Waals surface area contributed by atoms with Gasteiger partial charge in [0.2, 0.25) is 10.0 Å². The molecule has 230 valence electrons. The van der Waals surface area contributed by atoms with Gasteiger partial charge in [0, 0.05) is 29.5 Å². The third-order valence-corrected chi connectivity index (χ3v) is 9.88. The summed E-state index contributed by atoms with van der Waals surface area (Å²) in [5.41, 5.74) is 1.30. The average molecular weight is 622 g/mol. The van der Waals surface area contributed by atoms with Gasteiger partial charge >= 0.3 is 7.12 Å². The van der Waals surface area contributed by atoms with Crippen molar-refractivity contribution < 1.29 is 35.7 Å². The van der Waals surface area contributed by atoms with E-state index in [1.807, 2.05) is 27.7 Å². The summed E-state index contributed by atoms with van der Waals surface area (Å²) in [4.78, 5) is 13.0. The van der Waals surface area contributed by atoms with E-state index in [4.69, 9.17) is 13.7 Å². The molecule has 1 saturated heterocycles. The van der Waals surface area contributed by atoms with Crippen LogP contribution in [-0.4, -0.2) is 39.7 Å². The summed E-state index contributed by atoms with van der Waals surface area (Å²) < 4.78 is 76.3. The monoisotopic (exact) mass is 622 g/mol. The fourth-order valence-corrected chi connectivity index (χ4v) is 6.58. The largest absolute Gasteiger partial charge is 0.497 e. The molecule has 2 aliphatic rings. The van der Waals surface area contributed by atoms with Crippen LogP contribution in [-0.2, 0) is 25.1 Å². The lowest BCUT2D eigenvalue weighted by Crippen LogP contribution is -2.41. The van der Waals surface area contributed by atoms with E-state index in [2.05, 4.69) is 10.0 Å². The number of rotatable bonds is 8. The molecule has 1 saturated carbocycles. The molecule has 0 bridgehead atoms. The van der Waals surface area contributed by atoms with E-state index in [-0.39, 0.29) is 34.2 Å². The van der Waals surface area contributed by atoms with Crippen molar-refractivity contribution in [3.63, 3.8) is 0 Å². The number of carbonyl (C=O) groups is 1. The number of hydrogen-bond acceptors (Lipinski definition) is 6. The summed E-state index contributed by atoms with van der Waals surface area (Å²) in [5, 5.41) is 3.15. The molecular formula is C32H33BF2N2O6S. The normalized spacial score (nSPS) is 17.7. The number of amides is 1. The van der Waals surface area contributed by atoms with E-state index in [1.54, 1.807) is 18.2 Å². The molecular weight excluding hydrogens is 589 g/mol. The minimum absolute atomic E-state index is 0.107. The number of sulfonamides is 1. The molecule has 2 fully saturated rings. The van der Waals surface area contributed by atoms with Crippen molar-refractivity contribution in [1.82, 2.24) is 5.32 Å².